The molecule has 7 nitrogen and oxygen atoms in total. The van der Waals surface area contributed by atoms with Gasteiger partial charge in [0.2, 0.25) is 5.91 Å². The van der Waals surface area contributed by atoms with Gasteiger partial charge in [0.15, 0.2) is 15.8 Å². The highest BCUT2D eigenvalue weighted by molar-refractivity contribution is 14.0. The third-order valence-electron chi connectivity index (χ3n) is 4.83. The standard InChI is InChI=1S/C18H26N4O3S.HI/c1-19-18(21-15-9-11-26(24,25)13-15)20-12-14-5-7-16(8-6-14)22-10-3-2-4-17(22)23;/h5-8,15H,2-4,9-13H2,1H3,(H2,19,20,21);1H. The number of anilines is 1. The SMILES string of the molecule is CN=C(NCc1ccc(N2CCCCC2=O)cc1)NC1CCS(=O)(=O)C1.I. The van der Waals surface area contributed by atoms with Crippen molar-refractivity contribution in [2.45, 2.75) is 38.3 Å². The van der Waals surface area contributed by atoms with Crippen molar-refractivity contribution in [1.29, 1.82) is 0 Å². The summed E-state index contributed by atoms with van der Waals surface area (Å²) in [5.74, 6) is 1.19. The van der Waals surface area contributed by atoms with Crippen LogP contribution in [0.15, 0.2) is 29.3 Å². The predicted octanol–water partition coefficient (Wildman–Crippen LogP) is 1.67. The fraction of sp³-hybridized carbons (Fsp3) is 0.556. The topological polar surface area (TPSA) is 90.9 Å². The molecule has 2 fully saturated rings. The van der Waals surface area contributed by atoms with E-state index in [1.54, 1.807) is 7.05 Å². The predicted molar refractivity (Wildman–Crippen MR) is 118 cm³/mol. The average molecular weight is 506 g/mol. The largest absolute Gasteiger partial charge is 0.353 e. The number of nitrogens with zero attached hydrogens (tertiary/aromatic N) is 2. The normalized spacial score (nSPS) is 22.3. The number of hydrogen-bond donors (Lipinski definition) is 2. The van der Waals surface area contributed by atoms with Gasteiger partial charge in [0.25, 0.3) is 0 Å². The lowest BCUT2D eigenvalue weighted by molar-refractivity contribution is -0.119. The molecule has 2 aliphatic rings. The van der Waals surface area contributed by atoms with Gasteiger partial charge in [-0.05, 0) is 37.0 Å². The number of piperidine rings is 1. The number of carbonyl (C=O) groups is 1. The molecule has 1 amide bonds. The van der Waals surface area contributed by atoms with Crippen LogP contribution in [0, 0.1) is 0 Å². The fourth-order valence-corrected chi connectivity index (χ4v) is 5.03. The van der Waals surface area contributed by atoms with E-state index in [1.807, 2.05) is 29.2 Å². The second-order valence-electron chi connectivity index (χ2n) is 6.84. The highest BCUT2D eigenvalue weighted by atomic mass is 127. The Labute approximate surface area is 177 Å². The van der Waals surface area contributed by atoms with E-state index >= 15 is 0 Å². The number of carbonyl (C=O) groups excluding carboxylic acids is 1. The molecule has 0 radical (unpaired) electrons. The first kappa shape index (κ1) is 21.9. The van der Waals surface area contributed by atoms with Gasteiger partial charge in [0.05, 0.1) is 11.5 Å². The molecule has 1 unspecified atom stereocenters. The molecule has 2 heterocycles. The summed E-state index contributed by atoms with van der Waals surface area (Å²) >= 11 is 0. The van der Waals surface area contributed by atoms with Crippen LogP contribution in [-0.4, -0.2) is 51.4 Å². The molecule has 2 N–H and O–H groups in total. The number of nitrogens with one attached hydrogen (secondary N) is 2. The van der Waals surface area contributed by atoms with Gasteiger partial charge in [-0.2, -0.15) is 0 Å². The van der Waals surface area contributed by atoms with E-state index in [0.29, 0.717) is 25.3 Å². The lowest BCUT2D eigenvalue weighted by Crippen LogP contribution is -2.43. The quantitative estimate of drug-likeness (QED) is 0.369. The van der Waals surface area contributed by atoms with Gasteiger partial charge >= 0.3 is 0 Å². The van der Waals surface area contributed by atoms with Crippen molar-refractivity contribution in [3.63, 3.8) is 0 Å². The van der Waals surface area contributed by atoms with Crippen LogP contribution in [0.1, 0.15) is 31.2 Å². The number of amides is 1. The zero-order valence-electron chi connectivity index (χ0n) is 15.5. The smallest absolute Gasteiger partial charge is 0.226 e. The number of hydrogen-bond acceptors (Lipinski definition) is 4. The van der Waals surface area contributed by atoms with Crippen LogP contribution in [0.5, 0.6) is 0 Å². The summed E-state index contributed by atoms with van der Waals surface area (Å²) in [6, 6.07) is 7.85. The van der Waals surface area contributed by atoms with Gasteiger partial charge in [0.1, 0.15) is 0 Å². The van der Waals surface area contributed by atoms with Crippen molar-refractivity contribution in [3.05, 3.63) is 29.8 Å². The van der Waals surface area contributed by atoms with Gasteiger partial charge in [-0.25, -0.2) is 8.42 Å². The maximum absolute atomic E-state index is 12.0. The molecule has 0 aliphatic carbocycles. The van der Waals surface area contributed by atoms with Crippen molar-refractivity contribution in [2.75, 3.05) is 30.0 Å². The Morgan fingerprint density at radius 3 is 2.59 bits per heavy atom. The minimum absolute atomic E-state index is 0. The number of benzene rings is 1. The van der Waals surface area contributed by atoms with Crippen LogP contribution in [0.3, 0.4) is 0 Å². The van der Waals surface area contributed by atoms with Gasteiger partial charge in [0, 0.05) is 38.3 Å². The second-order valence-corrected chi connectivity index (χ2v) is 9.07. The molecule has 150 valence electrons. The Bertz CT molecular complexity index is 780. The number of halogens is 1. The van der Waals surface area contributed by atoms with Crippen molar-refractivity contribution in [2.24, 2.45) is 4.99 Å². The first-order valence-corrected chi connectivity index (χ1v) is 10.9. The Balaban J connectivity index is 0.00000261. The zero-order chi connectivity index (χ0) is 18.6. The molecule has 1 atom stereocenters. The number of rotatable bonds is 4. The molecular formula is C18H27IN4O3S. The van der Waals surface area contributed by atoms with Gasteiger partial charge in [-0.1, -0.05) is 12.1 Å². The van der Waals surface area contributed by atoms with Gasteiger partial charge in [-0.3, -0.25) is 9.79 Å². The van der Waals surface area contributed by atoms with Gasteiger partial charge < -0.3 is 15.5 Å². The van der Waals surface area contributed by atoms with Crippen molar-refractivity contribution < 1.29 is 13.2 Å². The van der Waals surface area contributed by atoms with E-state index < -0.39 is 9.84 Å². The summed E-state index contributed by atoms with van der Waals surface area (Å²) in [6.07, 6.45) is 3.27. The molecule has 1 aromatic rings. The third-order valence-corrected chi connectivity index (χ3v) is 6.60. The molecule has 2 aliphatic heterocycles. The van der Waals surface area contributed by atoms with Crippen molar-refractivity contribution >= 4 is 51.4 Å². The average Bonchev–Trinajstić information content (AvgIpc) is 2.98. The lowest BCUT2D eigenvalue weighted by Gasteiger charge is -2.27. The minimum Gasteiger partial charge on any atom is -0.353 e. The summed E-state index contributed by atoms with van der Waals surface area (Å²) in [7, 11) is -1.24. The molecule has 0 bridgehead atoms. The zero-order valence-corrected chi connectivity index (χ0v) is 18.6. The fourth-order valence-electron chi connectivity index (χ4n) is 3.36. The Morgan fingerprint density at radius 1 is 1.26 bits per heavy atom. The van der Waals surface area contributed by atoms with Crippen LogP contribution >= 0.6 is 24.0 Å². The summed E-state index contributed by atoms with van der Waals surface area (Å²) in [6.45, 7) is 1.37. The van der Waals surface area contributed by atoms with Crippen LogP contribution in [-0.2, 0) is 21.2 Å². The molecule has 2 saturated heterocycles. The number of aliphatic imine (C=N–C) groups is 1. The Morgan fingerprint density at radius 2 is 2.00 bits per heavy atom. The monoisotopic (exact) mass is 506 g/mol. The molecule has 27 heavy (non-hydrogen) atoms. The van der Waals surface area contributed by atoms with E-state index in [2.05, 4.69) is 15.6 Å². The summed E-state index contributed by atoms with van der Waals surface area (Å²) in [5.41, 5.74) is 2.01. The highest BCUT2D eigenvalue weighted by Gasteiger charge is 2.28. The summed E-state index contributed by atoms with van der Waals surface area (Å²) in [5, 5.41) is 6.38. The van der Waals surface area contributed by atoms with Crippen LogP contribution < -0.4 is 15.5 Å². The lowest BCUT2D eigenvalue weighted by atomic mass is 10.1. The van der Waals surface area contributed by atoms with Crippen molar-refractivity contribution in [1.82, 2.24) is 10.6 Å². The summed E-state index contributed by atoms with van der Waals surface area (Å²) < 4.78 is 23.1. The van der Waals surface area contributed by atoms with E-state index in [1.165, 1.54) is 0 Å². The number of sulfone groups is 1. The van der Waals surface area contributed by atoms with Crippen molar-refractivity contribution in [3.8, 4) is 0 Å². The molecule has 3 rings (SSSR count). The highest BCUT2D eigenvalue weighted by Crippen LogP contribution is 2.21. The van der Waals surface area contributed by atoms with E-state index in [-0.39, 0.29) is 47.4 Å². The van der Waals surface area contributed by atoms with Crippen LogP contribution in [0.2, 0.25) is 0 Å². The summed E-state index contributed by atoms with van der Waals surface area (Å²) in [4.78, 5) is 18.0. The molecular weight excluding hydrogens is 479 g/mol. The molecule has 9 heteroatoms. The third kappa shape index (κ3) is 6.06. The maximum atomic E-state index is 12.0. The second kappa shape index (κ2) is 9.72. The Kier molecular flexibility index (Phi) is 7.90. The maximum Gasteiger partial charge on any atom is 0.226 e. The van der Waals surface area contributed by atoms with Gasteiger partial charge in [-0.15, -0.1) is 24.0 Å². The van der Waals surface area contributed by atoms with Crippen LogP contribution in [0.25, 0.3) is 0 Å². The molecule has 0 aromatic heterocycles. The molecule has 0 saturated carbocycles. The van der Waals surface area contributed by atoms with E-state index in [9.17, 15) is 13.2 Å². The first-order valence-electron chi connectivity index (χ1n) is 9.04. The number of guanidine groups is 1. The molecule has 0 spiro atoms. The Hall–Kier alpha value is -1.36. The van der Waals surface area contributed by atoms with E-state index in [4.69, 9.17) is 0 Å². The minimum atomic E-state index is -2.91. The van der Waals surface area contributed by atoms with Crippen LogP contribution in [0.4, 0.5) is 5.69 Å². The van der Waals surface area contributed by atoms with E-state index in [0.717, 1.165) is 30.6 Å². The molecule has 1 aromatic carbocycles. The first-order chi connectivity index (χ1) is 12.5.